The van der Waals surface area contributed by atoms with E-state index in [0.717, 1.165) is 23.4 Å². The van der Waals surface area contributed by atoms with E-state index in [-0.39, 0.29) is 53.7 Å². The van der Waals surface area contributed by atoms with Crippen molar-refractivity contribution in [1.82, 2.24) is 9.78 Å². The van der Waals surface area contributed by atoms with E-state index in [1.54, 1.807) is 13.8 Å². The molecule has 2 aromatic rings. The van der Waals surface area contributed by atoms with Gasteiger partial charge < -0.3 is 14.6 Å². The molecule has 0 unspecified atom stereocenters. The second-order valence-electron chi connectivity index (χ2n) is 14.3. The molecule has 1 aromatic carbocycles. The molecule has 8 nitrogen and oxygen atoms in total. The molecule has 0 aliphatic heterocycles. The van der Waals surface area contributed by atoms with Crippen LogP contribution in [0, 0.1) is 41.4 Å². The summed E-state index contributed by atoms with van der Waals surface area (Å²) in [6.07, 6.45) is 5.88. The number of aliphatic hydroxyl groups is 1. The SMILES string of the molecule is CCC(=O)OCC(=O)[C@]1(OC(=O)CC)[C@H](C)C[C@H]2[C@H]3[C@H]([C@@H](O)C[C@@]21C)[C@@]1(C)Cc2cnn(-c4ccc(C)cc4)c2C=C1C[C@H]3Cl. The predicted molar refractivity (Wildman–Crippen MR) is 171 cm³/mol. The summed E-state index contributed by atoms with van der Waals surface area (Å²) >= 11 is 7.38. The summed E-state index contributed by atoms with van der Waals surface area (Å²) in [7, 11) is 0. The highest BCUT2D eigenvalue weighted by Gasteiger charge is 2.74. The molecule has 0 bridgehead atoms. The van der Waals surface area contributed by atoms with Gasteiger partial charge in [0.2, 0.25) is 5.78 Å². The van der Waals surface area contributed by atoms with Crippen molar-refractivity contribution < 1.29 is 29.0 Å². The number of carbonyl (C=O) groups excluding carboxylic acids is 3. The summed E-state index contributed by atoms with van der Waals surface area (Å²) < 4.78 is 13.5. The van der Waals surface area contributed by atoms with Crippen molar-refractivity contribution in [2.75, 3.05) is 6.61 Å². The Labute approximate surface area is 270 Å². The molecule has 242 valence electrons. The van der Waals surface area contributed by atoms with Crippen LogP contribution in [0.3, 0.4) is 0 Å². The van der Waals surface area contributed by atoms with Crippen LogP contribution in [0.1, 0.15) is 83.5 Å². The molecule has 1 N–H and O–H groups in total. The average molecular weight is 637 g/mol. The molecule has 0 amide bonds. The first-order valence-electron chi connectivity index (χ1n) is 16.4. The van der Waals surface area contributed by atoms with Gasteiger partial charge in [0, 0.05) is 29.6 Å². The zero-order chi connectivity index (χ0) is 32.5. The summed E-state index contributed by atoms with van der Waals surface area (Å²) in [6, 6.07) is 8.31. The van der Waals surface area contributed by atoms with Crippen LogP contribution in [-0.4, -0.2) is 56.3 Å². The topological polar surface area (TPSA) is 108 Å². The van der Waals surface area contributed by atoms with E-state index in [1.807, 2.05) is 24.7 Å². The normalized spacial score (nSPS) is 36.6. The lowest BCUT2D eigenvalue weighted by molar-refractivity contribution is -0.207. The van der Waals surface area contributed by atoms with E-state index < -0.39 is 41.4 Å². The van der Waals surface area contributed by atoms with Crippen molar-refractivity contribution in [3.05, 3.63) is 52.9 Å². The number of ketones is 1. The van der Waals surface area contributed by atoms with Crippen LogP contribution < -0.4 is 0 Å². The predicted octanol–water partition coefficient (Wildman–Crippen LogP) is 6.01. The third-order valence-electron chi connectivity index (χ3n) is 11.9. The fourth-order valence-electron chi connectivity index (χ4n) is 9.78. The van der Waals surface area contributed by atoms with Crippen LogP contribution in [0.5, 0.6) is 0 Å². The Balaban J connectivity index is 1.39. The minimum absolute atomic E-state index is 0.0889. The fourth-order valence-corrected chi connectivity index (χ4v) is 10.3. The van der Waals surface area contributed by atoms with Crippen LogP contribution in [0.25, 0.3) is 11.8 Å². The van der Waals surface area contributed by atoms with Gasteiger partial charge in [0.15, 0.2) is 12.2 Å². The van der Waals surface area contributed by atoms with Crippen molar-refractivity contribution >= 4 is 35.4 Å². The van der Waals surface area contributed by atoms with Crippen LogP contribution >= 0.6 is 11.6 Å². The van der Waals surface area contributed by atoms with Crippen LogP contribution in [0.2, 0.25) is 0 Å². The smallest absolute Gasteiger partial charge is 0.306 e. The average Bonchev–Trinajstić information content (AvgIpc) is 3.50. The minimum atomic E-state index is -1.53. The Bertz CT molecular complexity index is 1550. The van der Waals surface area contributed by atoms with Gasteiger partial charge in [0.25, 0.3) is 0 Å². The fraction of sp³-hybridized carbons (Fsp3) is 0.611. The number of esters is 2. The van der Waals surface area contributed by atoms with E-state index >= 15 is 0 Å². The lowest BCUT2D eigenvalue weighted by Gasteiger charge is -2.61. The Morgan fingerprint density at radius 1 is 1.11 bits per heavy atom. The Hall–Kier alpha value is -2.97. The molecule has 1 aromatic heterocycles. The number of alkyl halides is 1. The van der Waals surface area contributed by atoms with E-state index in [1.165, 1.54) is 11.1 Å². The number of aromatic nitrogens is 2. The number of carbonyl (C=O) groups is 3. The van der Waals surface area contributed by atoms with Crippen molar-refractivity contribution in [3.63, 3.8) is 0 Å². The van der Waals surface area contributed by atoms with Crippen LogP contribution in [0.15, 0.2) is 36.0 Å². The molecule has 0 spiro atoms. The van der Waals surface area contributed by atoms with Crippen molar-refractivity contribution in [2.45, 2.75) is 97.1 Å². The number of allylic oxidation sites excluding steroid dienone is 1. The van der Waals surface area contributed by atoms with Crippen molar-refractivity contribution in [2.24, 2.45) is 34.5 Å². The number of ether oxygens (including phenoxy) is 2. The standard InChI is InChI=1S/C36H45ClN2O6/c1-7-30(42)44-19-29(41)36(45-31(43)8-2)21(4)13-25-32-26(37)14-23-15-27-22(18-38-39(27)24-11-9-20(3)10-12-24)16-34(23,5)33(32)28(40)17-35(25,36)6/h9-12,15,18,21,25-26,28,32-33,40H,7-8,13-14,16-17,19H2,1-6H3/t21-,25+,26-,28+,32-,33+,34+,35+,36-/m1/s1. The maximum atomic E-state index is 14.1. The summed E-state index contributed by atoms with van der Waals surface area (Å²) in [6.45, 7) is 11.1. The van der Waals surface area contributed by atoms with Crippen LogP contribution in [0.4, 0.5) is 0 Å². The number of nitrogens with zero attached hydrogens (tertiary/aromatic N) is 2. The van der Waals surface area contributed by atoms with Gasteiger partial charge in [-0.25, -0.2) is 4.68 Å². The third kappa shape index (κ3) is 4.72. The first-order chi connectivity index (χ1) is 21.3. The molecule has 45 heavy (non-hydrogen) atoms. The zero-order valence-electron chi connectivity index (χ0n) is 27.1. The second kappa shape index (κ2) is 11.4. The Morgan fingerprint density at radius 3 is 2.47 bits per heavy atom. The Kier molecular flexibility index (Phi) is 8.09. The van der Waals surface area contributed by atoms with Gasteiger partial charge in [-0.05, 0) is 79.5 Å². The number of benzene rings is 1. The Morgan fingerprint density at radius 2 is 1.80 bits per heavy atom. The van der Waals surface area contributed by atoms with Gasteiger partial charge in [0.05, 0.1) is 23.7 Å². The highest BCUT2D eigenvalue weighted by molar-refractivity contribution is 6.21. The highest BCUT2D eigenvalue weighted by Crippen LogP contribution is 2.70. The van der Waals surface area contributed by atoms with E-state index in [0.29, 0.717) is 12.8 Å². The quantitative estimate of drug-likeness (QED) is 0.293. The van der Waals surface area contributed by atoms with Gasteiger partial charge in [-0.1, -0.05) is 57.9 Å². The maximum Gasteiger partial charge on any atom is 0.306 e. The first kappa shape index (κ1) is 32.0. The number of aryl methyl sites for hydroxylation is 1. The molecule has 3 saturated carbocycles. The summed E-state index contributed by atoms with van der Waals surface area (Å²) in [5.74, 6) is -2.11. The molecule has 1 heterocycles. The largest absolute Gasteiger partial charge is 0.457 e. The molecular weight excluding hydrogens is 592 g/mol. The highest BCUT2D eigenvalue weighted by atomic mass is 35.5. The van der Waals surface area contributed by atoms with Crippen molar-refractivity contribution in [3.8, 4) is 5.69 Å². The first-order valence-corrected chi connectivity index (χ1v) is 16.8. The summed E-state index contributed by atoms with van der Waals surface area (Å²) in [5.41, 5.74) is 2.79. The molecule has 6 rings (SSSR count). The van der Waals surface area contributed by atoms with Gasteiger partial charge >= 0.3 is 11.9 Å². The zero-order valence-corrected chi connectivity index (χ0v) is 27.9. The molecule has 9 atom stereocenters. The number of halogens is 1. The lowest BCUT2D eigenvalue weighted by atomic mass is 9.45. The molecule has 4 aliphatic carbocycles. The van der Waals surface area contributed by atoms with Gasteiger partial charge in [-0.3, -0.25) is 14.4 Å². The number of aliphatic hydroxyl groups excluding tert-OH is 1. The number of hydrogen-bond donors (Lipinski definition) is 1. The minimum Gasteiger partial charge on any atom is -0.457 e. The monoisotopic (exact) mass is 636 g/mol. The number of Topliss-reactive ketones (excluding diaryl/α,β-unsaturated/α-hetero) is 1. The number of rotatable bonds is 7. The molecule has 4 aliphatic rings. The van der Waals surface area contributed by atoms with E-state index in [2.05, 4.69) is 44.2 Å². The molecule has 9 heteroatoms. The lowest BCUT2D eigenvalue weighted by Crippen LogP contribution is -2.66. The number of fused-ring (bicyclic) bond motifs is 6. The molecule has 0 radical (unpaired) electrons. The molecular formula is C36H45ClN2O6. The molecule has 3 fully saturated rings. The van der Waals surface area contributed by atoms with Crippen LogP contribution in [-0.2, 0) is 30.3 Å². The van der Waals surface area contributed by atoms with Gasteiger partial charge in [-0.15, -0.1) is 11.6 Å². The van der Waals surface area contributed by atoms with Crippen molar-refractivity contribution in [1.29, 1.82) is 0 Å². The molecule has 0 saturated heterocycles. The maximum absolute atomic E-state index is 14.1. The van der Waals surface area contributed by atoms with Gasteiger partial charge in [0.1, 0.15) is 0 Å². The van der Waals surface area contributed by atoms with E-state index in [4.69, 9.17) is 26.2 Å². The summed E-state index contributed by atoms with van der Waals surface area (Å²) in [5, 5.41) is 16.7. The second-order valence-corrected chi connectivity index (χ2v) is 14.9. The summed E-state index contributed by atoms with van der Waals surface area (Å²) in [4.78, 5) is 39.1. The number of hydrogen-bond acceptors (Lipinski definition) is 7. The van der Waals surface area contributed by atoms with E-state index in [9.17, 15) is 19.5 Å². The van der Waals surface area contributed by atoms with Gasteiger partial charge in [-0.2, -0.15) is 5.10 Å². The third-order valence-corrected chi connectivity index (χ3v) is 12.3.